The van der Waals surface area contributed by atoms with E-state index in [2.05, 4.69) is 15.4 Å². The molecule has 2 aromatic rings. The van der Waals surface area contributed by atoms with Gasteiger partial charge < -0.3 is 14.6 Å². The van der Waals surface area contributed by atoms with Gasteiger partial charge in [-0.25, -0.2) is 4.98 Å². The zero-order valence-corrected chi connectivity index (χ0v) is 11.5. The third-order valence-electron chi connectivity index (χ3n) is 3.06. The van der Waals surface area contributed by atoms with Crippen molar-refractivity contribution in [3.8, 4) is 0 Å². The number of hydrogen-bond donors (Lipinski definition) is 1. The largest absolute Gasteiger partial charge is 0.383 e. The summed E-state index contributed by atoms with van der Waals surface area (Å²) in [6.07, 6.45) is 6.51. The highest BCUT2D eigenvalue weighted by Gasteiger charge is 2.04. The summed E-state index contributed by atoms with van der Waals surface area (Å²) in [5, 5.41) is 7.68. The molecule has 0 fully saturated rings. The molecule has 0 spiro atoms. The normalized spacial score (nSPS) is 11.1. The average molecular weight is 263 g/mol. The molecule has 104 valence electrons. The molecule has 19 heavy (non-hydrogen) atoms. The summed E-state index contributed by atoms with van der Waals surface area (Å²) in [7, 11) is 3.72. The van der Waals surface area contributed by atoms with Crippen molar-refractivity contribution in [1.82, 2.24) is 24.6 Å². The standard InChI is InChI=1S/C13H21N5O/c1-17-9-6-15-13(17)4-8-18-12(3-5-16-18)11-14-7-10-19-2/h3,5-6,9,14H,4,7-8,10-11H2,1-2H3. The fraction of sp³-hybridized carbons (Fsp3) is 0.538. The second-order valence-corrected chi connectivity index (χ2v) is 4.42. The lowest BCUT2D eigenvalue weighted by Crippen LogP contribution is -2.21. The minimum Gasteiger partial charge on any atom is -0.383 e. The SMILES string of the molecule is COCCNCc1ccnn1CCc1nccn1C. The van der Waals surface area contributed by atoms with Crippen molar-refractivity contribution in [2.24, 2.45) is 7.05 Å². The number of methoxy groups -OCH3 is 1. The fourth-order valence-electron chi connectivity index (χ4n) is 1.95. The molecule has 0 amide bonds. The van der Waals surface area contributed by atoms with Gasteiger partial charge in [0.1, 0.15) is 5.82 Å². The molecule has 0 aromatic carbocycles. The van der Waals surface area contributed by atoms with Crippen molar-refractivity contribution < 1.29 is 4.74 Å². The van der Waals surface area contributed by atoms with E-state index >= 15 is 0 Å². The van der Waals surface area contributed by atoms with Crippen molar-refractivity contribution in [3.63, 3.8) is 0 Å². The van der Waals surface area contributed by atoms with Crippen LogP contribution in [0.5, 0.6) is 0 Å². The molecule has 6 heteroatoms. The molecule has 0 aliphatic rings. The maximum absolute atomic E-state index is 5.01. The van der Waals surface area contributed by atoms with Gasteiger partial charge in [0.05, 0.1) is 12.3 Å². The summed E-state index contributed by atoms with van der Waals surface area (Å²) < 4.78 is 9.07. The Bertz CT molecular complexity index is 491. The summed E-state index contributed by atoms with van der Waals surface area (Å²) in [5.41, 5.74) is 1.19. The van der Waals surface area contributed by atoms with Crippen LogP contribution in [0.4, 0.5) is 0 Å². The Hall–Kier alpha value is -1.66. The maximum Gasteiger partial charge on any atom is 0.110 e. The van der Waals surface area contributed by atoms with Gasteiger partial charge in [-0.1, -0.05) is 0 Å². The minimum absolute atomic E-state index is 0.724. The van der Waals surface area contributed by atoms with Gasteiger partial charge in [0.25, 0.3) is 0 Å². The molecule has 2 heterocycles. The molecule has 2 rings (SSSR count). The zero-order valence-electron chi connectivity index (χ0n) is 11.5. The predicted molar refractivity (Wildman–Crippen MR) is 72.7 cm³/mol. The molecule has 2 aromatic heterocycles. The maximum atomic E-state index is 5.01. The highest BCUT2D eigenvalue weighted by molar-refractivity contribution is 5.01. The first kappa shape index (κ1) is 13.8. The van der Waals surface area contributed by atoms with E-state index in [1.165, 1.54) is 5.69 Å². The predicted octanol–water partition coefficient (Wildman–Crippen LogP) is 0.595. The van der Waals surface area contributed by atoms with E-state index in [9.17, 15) is 0 Å². The summed E-state index contributed by atoms with van der Waals surface area (Å²) in [4.78, 5) is 4.32. The van der Waals surface area contributed by atoms with Crippen molar-refractivity contribution in [1.29, 1.82) is 0 Å². The smallest absolute Gasteiger partial charge is 0.110 e. The molecular weight excluding hydrogens is 242 g/mol. The van der Waals surface area contributed by atoms with E-state index in [0.29, 0.717) is 0 Å². The summed E-state index contributed by atoms with van der Waals surface area (Å²) in [6.45, 7) is 3.23. The van der Waals surface area contributed by atoms with Crippen LogP contribution in [-0.2, 0) is 31.3 Å². The Morgan fingerprint density at radius 2 is 2.26 bits per heavy atom. The highest BCUT2D eigenvalue weighted by atomic mass is 16.5. The Balaban J connectivity index is 1.83. The number of hydrogen-bond acceptors (Lipinski definition) is 4. The van der Waals surface area contributed by atoms with Crippen molar-refractivity contribution in [2.75, 3.05) is 20.3 Å². The number of rotatable bonds is 8. The summed E-state index contributed by atoms with van der Waals surface area (Å²) in [5.74, 6) is 1.08. The topological polar surface area (TPSA) is 56.9 Å². The monoisotopic (exact) mass is 263 g/mol. The van der Waals surface area contributed by atoms with Gasteiger partial charge in [-0.2, -0.15) is 5.10 Å². The van der Waals surface area contributed by atoms with Gasteiger partial charge in [-0.05, 0) is 6.07 Å². The van der Waals surface area contributed by atoms with Crippen molar-refractivity contribution >= 4 is 0 Å². The molecule has 0 aliphatic carbocycles. The number of nitrogens with zero attached hydrogens (tertiary/aromatic N) is 4. The first-order valence-corrected chi connectivity index (χ1v) is 6.48. The van der Waals surface area contributed by atoms with E-state index in [0.717, 1.165) is 38.5 Å². The number of nitrogens with one attached hydrogen (secondary N) is 1. The first-order valence-electron chi connectivity index (χ1n) is 6.48. The van der Waals surface area contributed by atoms with Crippen LogP contribution in [0, 0.1) is 0 Å². The van der Waals surface area contributed by atoms with Gasteiger partial charge in [-0.15, -0.1) is 0 Å². The van der Waals surface area contributed by atoms with Gasteiger partial charge in [0.15, 0.2) is 0 Å². The molecule has 0 saturated heterocycles. The second kappa shape index (κ2) is 7.06. The number of ether oxygens (including phenoxy) is 1. The van der Waals surface area contributed by atoms with E-state index in [1.807, 2.05) is 41.0 Å². The Labute approximate surface area is 113 Å². The molecule has 0 bridgehead atoms. The third-order valence-corrected chi connectivity index (χ3v) is 3.06. The molecule has 0 saturated carbocycles. The quantitative estimate of drug-likeness (QED) is 0.708. The molecule has 6 nitrogen and oxygen atoms in total. The van der Waals surface area contributed by atoms with E-state index in [4.69, 9.17) is 4.74 Å². The lowest BCUT2D eigenvalue weighted by Gasteiger charge is -2.08. The van der Waals surface area contributed by atoms with Crippen LogP contribution in [0.25, 0.3) is 0 Å². The van der Waals surface area contributed by atoms with E-state index in [1.54, 1.807) is 7.11 Å². The van der Waals surface area contributed by atoms with E-state index in [-0.39, 0.29) is 0 Å². The Morgan fingerprint density at radius 1 is 1.37 bits per heavy atom. The summed E-state index contributed by atoms with van der Waals surface area (Å²) in [6, 6.07) is 2.04. The summed E-state index contributed by atoms with van der Waals surface area (Å²) >= 11 is 0. The van der Waals surface area contributed by atoms with Crippen LogP contribution in [0.2, 0.25) is 0 Å². The molecule has 0 atom stereocenters. The van der Waals surface area contributed by atoms with Crippen molar-refractivity contribution in [2.45, 2.75) is 19.5 Å². The molecule has 0 unspecified atom stereocenters. The van der Waals surface area contributed by atoms with Gasteiger partial charge in [0, 0.05) is 58.8 Å². The number of imidazole rings is 1. The Morgan fingerprint density at radius 3 is 3.00 bits per heavy atom. The third kappa shape index (κ3) is 3.90. The number of aromatic nitrogens is 4. The molecule has 0 radical (unpaired) electrons. The van der Waals surface area contributed by atoms with Crippen molar-refractivity contribution in [3.05, 3.63) is 36.2 Å². The Kier molecular flexibility index (Phi) is 5.11. The zero-order chi connectivity index (χ0) is 13.5. The van der Waals surface area contributed by atoms with Gasteiger partial charge >= 0.3 is 0 Å². The fourth-order valence-corrected chi connectivity index (χ4v) is 1.95. The van der Waals surface area contributed by atoms with Crippen LogP contribution in [-0.4, -0.2) is 39.6 Å². The molecule has 1 N–H and O–H groups in total. The molecular formula is C13H21N5O. The van der Waals surface area contributed by atoms with Crippen LogP contribution in [0.3, 0.4) is 0 Å². The highest BCUT2D eigenvalue weighted by Crippen LogP contribution is 2.02. The van der Waals surface area contributed by atoms with Crippen LogP contribution < -0.4 is 5.32 Å². The number of aryl methyl sites for hydroxylation is 3. The second-order valence-electron chi connectivity index (χ2n) is 4.42. The van der Waals surface area contributed by atoms with Crippen LogP contribution in [0.1, 0.15) is 11.5 Å². The van der Waals surface area contributed by atoms with Crippen LogP contribution in [0.15, 0.2) is 24.7 Å². The van der Waals surface area contributed by atoms with Gasteiger partial charge in [-0.3, -0.25) is 4.68 Å². The van der Waals surface area contributed by atoms with Crippen LogP contribution >= 0.6 is 0 Å². The molecule has 0 aliphatic heterocycles. The minimum atomic E-state index is 0.724. The lowest BCUT2D eigenvalue weighted by atomic mass is 10.3. The average Bonchev–Trinajstić information content (AvgIpc) is 3.01. The van der Waals surface area contributed by atoms with Gasteiger partial charge in [0.2, 0.25) is 0 Å². The lowest BCUT2D eigenvalue weighted by molar-refractivity contribution is 0.199. The van der Waals surface area contributed by atoms with E-state index < -0.39 is 0 Å². The first-order chi connectivity index (χ1) is 9.31.